The minimum Gasteiger partial charge on any atom is -0.457 e. The number of ether oxygens (including phenoxy) is 3. The van der Waals surface area contributed by atoms with Crippen LogP contribution in [-0.2, 0) is 4.74 Å². The van der Waals surface area contributed by atoms with Crippen molar-refractivity contribution in [2.24, 2.45) is 0 Å². The van der Waals surface area contributed by atoms with Gasteiger partial charge in [-0.15, -0.1) is 0 Å². The van der Waals surface area contributed by atoms with Crippen LogP contribution >= 0.6 is 0 Å². The first-order chi connectivity index (χ1) is 18.6. The van der Waals surface area contributed by atoms with Crippen molar-refractivity contribution in [3.05, 3.63) is 102 Å². The number of anilines is 2. The van der Waals surface area contributed by atoms with E-state index in [1.54, 1.807) is 55.6 Å². The Morgan fingerprint density at radius 3 is 2.15 bits per heavy atom. The molecule has 2 amide bonds. The second kappa shape index (κ2) is 11.7. The molecule has 3 aromatic carbocycles. The molecule has 1 N–H and O–H groups in total. The summed E-state index contributed by atoms with van der Waals surface area (Å²) >= 11 is 0. The molecule has 0 saturated heterocycles. The highest BCUT2D eigenvalue weighted by molar-refractivity contribution is 6.04. The highest BCUT2D eigenvalue weighted by Gasteiger charge is 2.21. The maximum atomic E-state index is 12.7. The lowest BCUT2D eigenvalue weighted by atomic mass is 10.2. The summed E-state index contributed by atoms with van der Waals surface area (Å²) in [5.74, 6) is 2.06. The average molecular weight is 526 g/mol. The van der Waals surface area contributed by atoms with E-state index in [4.69, 9.17) is 14.2 Å². The lowest BCUT2D eigenvalue weighted by molar-refractivity contribution is 0.0589. The molecule has 4 rings (SSSR count). The van der Waals surface area contributed by atoms with E-state index in [1.807, 2.05) is 64.1 Å². The average Bonchev–Trinajstić information content (AvgIpc) is 2.90. The third-order valence-corrected chi connectivity index (χ3v) is 5.52. The smallest absolute Gasteiger partial charge is 0.414 e. The molecule has 0 aliphatic rings. The summed E-state index contributed by atoms with van der Waals surface area (Å²) in [4.78, 5) is 30.8. The fraction of sp³-hybridized carbons (Fsp3) is 0.194. The fourth-order valence-corrected chi connectivity index (χ4v) is 3.52. The van der Waals surface area contributed by atoms with Crippen molar-refractivity contribution < 1.29 is 23.8 Å². The molecular weight excluding hydrogens is 494 g/mol. The Hall–Kier alpha value is -4.85. The van der Waals surface area contributed by atoms with Gasteiger partial charge in [0.05, 0.1) is 11.9 Å². The molecule has 0 unspecified atom stereocenters. The Morgan fingerprint density at radius 1 is 0.846 bits per heavy atom. The summed E-state index contributed by atoms with van der Waals surface area (Å²) in [5, 5.41) is 2.83. The number of nitrogens with one attached hydrogen (secondary N) is 1. The van der Waals surface area contributed by atoms with E-state index in [-0.39, 0.29) is 5.91 Å². The second-order valence-corrected chi connectivity index (χ2v) is 9.87. The topological polar surface area (TPSA) is 90.0 Å². The Labute approximate surface area is 228 Å². The van der Waals surface area contributed by atoms with Crippen molar-refractivity contribution in [2.75, 3.05) is 17.3 Å². The predicted molar refractivity (Wildman–Crippen MR) is 151 cm³/mol. The quantitative estimate of drug-likeness (QED) is 0.267. The summed E-state index contributed by atoms with van der Waals surface area (Å²) < 4.78 is 17.1. The van der Waals surface area contributed by atoms with Gasteiger partial charge in [-0.05, 0) is 93.9 Å². The molecule has 1 heterocycles. The highest BCUT2D eigenvalue weighted by atomic mass is 16.6. The van der Waals surface area contributed by atoms with Crippen LogP contribution in [0.15, 0.2) is 91.1 Å². The molecule has 200 valence electrons. The van der Waals surface area contributed by atoms with Crippen molar-refractivity contribution in [1.82, 2.24) is 4.98 Å². The minimum atomic E-state index is -0.581. The molecule has 0 radical (unpaired) electrons. The van der Waals surface area contributed by atoms with E-state index < -0.39 is 11.7 Å². The molecule has 0 saturated carbocycles. The normalized spacial score (nSPS) is 10.9. The van der Waals surface area contributed by atoms with Gasteiger partial charge in [0.15, 0.2) is 0 Å². The second-order valence-electron chi connectivity index (χ2n) is 9.87. The van der Waals surface area contributed by atoms with Crippen LogP contribution in [0.3, 0.4) is 0 Å². The number of pyridine rings is 1. The molecule has 39 heavy (non-hydrogen) atoms. The maximum Gasteiger partial charge on any atom is 0.414 e. The van der Waals surface area contributed by atoms with E-state index in [1.165, 1.54) is 11.1 Å². The van der Waals surface area contributed by atoms with Crippen LogP contribution in [0.5, 0.6) is 23.1 Å². The summed E-state index contributed by atoms with van der Waals surface area (Å²) in [6.45, 7) is 7.35. The predicted octanol–water partition coefficient (Wildman–Crippen LogP) is 7.60. The number of aromatic nitrogens is 1. The Balaban J connectivity index is 1.34. The Bertz CT molecular complexity index is 1430. The first-order valence-corrected chi connectivity index (χ1v) is 12.4. The van der Waals surface area contributed by atoms with Crippen LogP contribution in [-0.4, -0.2) is 29.6 Å². The monoisotopic (exact) mass is 525 g/mol. The van der Waals surface area contributed by atoms with Gasteiger partial charge in [0, 0.05) is 24.4 Å². The summed E-state index contributed by atoms with van der Waals surface area (Å²) in [6, 6.07) is 25.1. The van der Waals surface area contributed by atoms with Crippen LogP contribution in [0.2, 0.25) is 0 Å². The first-order valence-electron chi connectivity index (χ1n) is 12.4. The van der Waals surface area contributed by atoms with Crippen LogP contribution in [0, 0.1) is 6.92 Å². The molecule has 0 aliphatic carbocycles. The van der Waals surface area contributed by atoms with Gasteiger partial charge in [-0.25, -0.2) is 9.78 Å². The number of carbonyl (C=O) groups is 2. The van der Waals surface area contributed by atoms with Gasteiger partial charge in [0.2, 0.25) is 5.88 Å². The summed E-state index contributed by atoms with van der Waals surface area (Å²) in [7, 11) is 1.66. The number of carbonyl (C=O) groups excluding carboxylic acids is 2. The summed E-state index contributed by atoms with van der Waals surface area (Å²) in [5.41, 5.74) is 1.94. The van der Waals surface area contributed by atoms with Gasteiger partial charge in [0.25, 0.3) is 5.91 Å². The lowest BCUT2D eigenvalue weighted by Crippen LogP contribution is -2.34. The standard InChI is InChI=1S/C31H31N3O5/c1-21-19-24(34(5)30(36)39-31(2,3)4)14-17-27(21)38-28-18-13-23(20-32-28)33-29(35)22-11-15-26(16-12-22)37-25-9-7-6-8-10-25/h6-20H,1-5H3,(H,33,35). The van der Waals surface area contributed by atoms with Gasteiger partial charge in [0.1, 0.15) is 22.8 Å². The molecule has 8 heteroatoms. The lowest BCUT2D eigenvalue weighted by Gasteiger charge is -2.25. The first kappa shape index (κ1) is 27.2. The van der Waals surface area contributed by atoms with Crippen LogP contribution < -0.4 is 19.7 Å². The van der Waals surface area contributed by atoms with Gasteiger partial charge < -0.3 is 19.5 Å². The van der Waals surface area contributed by atoms with Crippen molar-refractivity contribution in [3.63, 3.8) is 0 Å². The maximum absolute atomic E-state index is 12.7. The third kappa shape index (κ3) is 7.58. The minimum absolute atomic E-state index is 0.266. The zero-order valence-electron chi connectivity index (χ0n) is 22.6. The molecule has 0 aliphatic heterocycles. The SMILES string of the molecule is Cc1cc(N(C)C(=O)OC(C)(C)C)ccc1Oc1ccc(NC(=O)c2ccc(Oc3ccccc3)cc2)cn1. The molecule has 0 atom stereocenters. The van der Waals surface area contributed by atoms with Crippen molar-refractivity contribution >= 4 is 23.4 Å². The van der Waals surface area contributed by atoms with E-state index >= 15 is 0 Å². The molecule has 0 spiro atoms. The largest absolute Gasteiger partial charge is 0.457 e. The molecule has 1 aromatic heterocycles. The van der Waals surface area contributed by atoms with E-state index in [0.717, 1.165) is 11.3 Å². The number of para-hydroxylation sites is 1. The van der Waals surface area contributed by atoms with Crippen molar-refractivity contribution in [1.29, 1.82) is 0 Å². The Morgan fingerprint density at radius 2 is 1.54 bits per heavy atom. The van der Waals surface area contributed by atoms with Crippen molar-refractivity contribution in [2.45, 2.75) is 33.3 Å². The Kier molecular flexibility index (Phi) is 8.15. The van der Waals surface area contributed by atoms with Gasteiger partial charge in [-0.2, -0.15) is 0 Å². The number of rotatable bonds is 7. The van der Waals surface area contributed by atoms with Crippen LogP contribution in [0.1, 0.15) is 36.7 Å². The summed E-state index contributed by atoms with van der Waals surface area (Å²) in [6.07, 6.45) is 1.09. The van der Waals surface area contributed by atoms with E-state index in [2.05, 4.69) is 10.3 Å². The number of aryl methyl sites for hydroxylation is 1. The van der Waals surface area contributed by atoms with E-state index in [9.17, 15) is 9.59 Å². The van der Waals surface area contributed by atoms with E-state index in [0.29, 0.717) is 34.3 Å². The number of amides is 2. The number of nitrogens with zero attached hydrogens (tertiary/aromatic N) is 2. The van der Waals surface area contributed by atoms with Crippen molar-refractivity contribution in [3.8, 4) is 23.1 Å². The van der Waals surface area contributed by atoms with Crippen LogP contribution in [0.25, 0.3) is 0 Å². The number of hydrogen-bond donors (Lipinski definition) is 1. The number of hydrogen-bond acceptors (Lipinski definition) is 6. The zero-order chi connectivity index (χ0) is 28.0. The number of benzene rings is 3. The molecule has 4 aromatic rings. The van der Waals surface area contributed by atoms with Gasteiger partial charge in [-0.1, -0.05) is 18.2 Å². The molecule has 0 bridgehead atoms. The van der Waals surface area contributed by atoms with Gasteiger partial charge >= 0.3 is 6.09 Å². The fourth-order valence-electron chi connectivity index (χ4n) is 3.52. The molecule has 8 nitrogen and oxygen atoms in total. The zero-order valence-corrected chi connectivity index (χ0v) is 22.6. The molecule has 0 fully saturated rings. The molecular formula is C31H31N3O5. The highest BCUT2D eigenvalue weighted by Crippen LogP contribution is 2.29. The third-order valence-electron chi connectivity index (χ3n) is 5.52. The van der Waals surface area contributed by atoms with Gasteiger partial charge in [-0.3, -0.25) is 9.69 Å². The van der Waals surface area contributed by atoms with Crippen LogP contribution in [0.4, 0.5) is 16.2 Å².